The molecule has 0 aliphatic heterocycles. The Morgan fingerprint density at radius 2 is 1.82 bits per heavy atom. The summed E-state index contributed by atoms with van der Waals surface area (Å²) in [6.45, 7) is 7.44. The average molecular weight is 313 g/mol. The molecule has 22 heavy (non-hydrogen) atoms. The molecule has 0 bridgehead atoms. The molecule has 0 rings (SSSR count). The molecule has 5 heteroatoms. The van der Waals surface area contributed by atoms with Crippen molar-refractivity contribution in [3.05, 3.63) is 23.9 Å². The van der Waals surface area contributed by atoms with Gasteiger partial charge in [-0.15, -0.1) is 0 Å². The Morgan fingerprint density at radius 3 is 2.32 bits per heavy atom. The van der Waals surface area contributed by atoms with Crippen LogP contribution < -0.4 is 0 Å². The predicted octanol–water partition coefficient (Wildman–Crippen LogP) is 2.25. The highest BCUT2D eigenvalue weighted by atomic mass is 16.5. The minimum Gasteiger partial charge on any atom is -0.459 e. The van der Waals surface area contributed by atoms with Gasteiger partial charge in [-0.2, -0.15) is 0 Å². The van der Waals surface area contributed by atoms with E-state index in [2.05, 4.69) is 18.7 Å². The van der Waals surface area contributed by atoms with Crippen molar-refractivity contribution >= 4 is 5.97 Å². The zero-order valence-electron chi connectivity index (χ0n) is 14.1. The van der Waals surface area contributed by atoms with Crippen molar-refractivity contribution in [2.45, 2.75) is 52.6 Å². The summed E-state index contributed by atoms with van der Waals surface area (Å²) in [7, 11) is 0. The van der Waals surface area contributed by atoms with E-state index in [4.69, 9.17) is 14.9 Å². The number of carbonyl (C=O) groups excluding carboxylic acids is 1. The van der Waals surface area contributed by atoms with Gasteiger partial charge in [0.05, 0.1) is 6.61 Å². The third-order valence-corrected chi connectivity index (χ3v) is 3.18. The lowest BCUT2D eigenvalue weighted by Gasteiger charge is -2.19. The molecular weight excluding hydrogens is 282 g/mol. The number of hydrogen-bond acceptors (Lipinski definition) is 5. The van der Waals surface area contributed by atoms with E-state index >= 15 is 0 Å². The lowest BCUT2D eigenvalue weighted by atomic mass is 10.2. The Bertz CT molecular complexity index is 345. The summed E-state index contributed by atoms with van der Waals surface area (Å²) in [6, 6.07) is 0. The summed E-state index contributed by atoms with van der Waals surface area (Å²) in [4.78, 5) is 13.9. The van der Waals surface area contributed by atoms with Gasteiger partial charge < -0.3 is 19.8 Å². The fourth-order valence-corrected chi connectivity index (χ4v) is 1.70. The number of unbranched alkanes of at least 4 members (excludes halogenated alkanes) is 2. The van der Waals surface area contributed by atoms with Gasteiger partial charge in [0.15, 0.2) is 0 Å². The highest BCUT2D eigenvalue weighted by Crippen LogP contribution is 2.02. The highest BCUT2D eigenvalue weighted by molar-refractivity contribution is 5.88. The second-order valence-electron chi connectivity index (χ2n) is 5.37. The minimum atomic E-state index is -1.02. The fraction of sp³-hybridized carbons (Fsp3) is 0.706. The van der Waals surface area contributed by atoms with E-state index in [1.807, 2.05) is 12.3 Å². The molecule has 0 amide bonds. The molecule has 0 aromatic rings. The van der Waals surface area contributed by atoms with Crippen LogP contribution in [0, 0.1) is 0 Å². The van der Waals surface area contributed by atoms with E-state index in [1.165, 1.54) is 0 Å². The standard InChI is InChI=1S/C17H31NO4/c1-4-6-10-18(11-7-5-2)12-8-9-15(3)17(21)22-14-16(20)13-19/h8-9,12,16,19-20H,4-7,10-11,13-14H2,1-3H3/b12-8+,15-9+. The van der Waals surface area contributed by atoms with Crippen LogP contribution in [0.4, 0.5) is 0 Å². The molecule has 1 unspecified atom stereocenters. The number of hydrogen-bond donors (Lipinski definition) is 2. The van der Waals surface area contributed by atoms with Crippen molar-refractivity contribution in [1.29, 1.82) is 0 Å². The van der Waals surface area contributed by atoms with Crippen molar-refractivity contribution in [2.75, 3.05) is 26.3 Å². The summed E-state index contributed by atoms with van der Waals surface area (Å²) in [5.41, 5.74) is 0.465. The van der Waals surface area contributed by atoms with E-state index in [9.17, 15) is 4.79 Å². The lowest BCUT2D eigenvalue weighted by Crippen LogP contribution is -2.22. The lowest BCUT2D eigenvalue weighted by molar-refractivity contribution is -0.142. The summed E-state index contributed by atoms with van der Waals surface area (Å²) >= 11 is 0. The third-order valence-electron chi connectivity index (χ3n) is 3.18. The fourth-order valence-electron chi connectivity index (χ4n) is 1.70. The summed E-state index contributed by atoms with van der Waals surface area (Å²) in [5, 5.41) is 17.8. The molecule has 5 nitrogen and oxygen atoms in total. The highest BCUT2D eigenvalue weighted by Gasteiger charge is 2.08. The van der Waals surface area contributed by atoms with Crippen molar-refractivity contribution in [3.8, 4) is 0 Å². The first kappa shape index (κ1) is 20.7. The average Bonchev–Trinajstić information content (AvgIpc) is 2.53. The quantitative estimate of drug-likeness (QED) is 0.328. The maximum Gasteiger partial charge on any atom is 0.333 e. The maximum atomic E-state index is 11.7. The van der Waals surface area contributed by atoms with Crippen LogP contribution in [-0.4, -0.2) is 53.5 Å². The summed E-state index contributed by atoms with van der Waals surface area (Å²) in [5.74, 6) is -0.481. The molecule has 0 spiro atoms. The van der Waals surface area contributed by atoms with E-state index in [0.29, 0.717) is 5.57 Å². The first-order valence-electron chi connectivity index (χ1n) is 8.10. The third kappa shape index (κ3) is 10.4. The zero-order chi connectivity index (χ0) is 16.8. The predicted molar refractivity (Wildman–Crippen MR) is 88.3 cm³/mol. The number of rotatable bonds is 12. The first-order chi connectivity index (χ1) is 10.5. The molecule has 0 saturated heterocycles. The Hall–Kier alpha value is -1.33. The molecule has 1 atom stereocenters. The molecule has 0 fully saturated rings. The second-order valence-corrected chi connectivity index (χ2v) is 5.37. The number of aliphatic hydroxyl groups is 2. The molecule has 128 valence electrons. The van der Waals surface area contributed by atoms with Crippen LogP contribution in [0.5, 0.6) is 0 Å². The van der Waals surface area contributed by atoms with Crippen molar-refractivity contribution in [2.24, 2.45) is 0 Å². The summed E-state index contributed by atoms with van der Waals surface area (Å²) < 4.78 is 4.88. The SMILES string of the molecule is CCCCN(/C=C/C=C(\C)C(=O)OCC(O)CO)CCCC. The monoisotopic (exact) mass is 313 g/mol. The van der Waals surface area contributed by atoms with E-state index in [-0.39, 0.29) is 6.61 Å². The van der Waals surface area contributed by atoms with Crippen LogP contribution in [0.3, 0.4) is 0 Å². The van der Waals surface area contributed by atoms with Crippen LogP contribution in [0.1, 0.15) is 46.5 Å². The van der Waals surface area contributed by atoms with Gasteiger partial charge in [-0.05, 0) is 32.0 Å². The number of allylic oxidation sites excluding steroid dienone is 2. The van der Waals surface area contributed by atoms with Crippen molar-refractivity contribution in [1.82, 2.24) is 4.90 Å². The minimum absolute atomic E-state index is 0.191. The van der Waals surface area contributed by atoms with Crippen molar-refractivity contribution in [3.63, 3.8) is 0 Å². The Labute approximate surface area is 134 Å². The molecular formula is C17H31NO4. The van der Waals surface area contributed by atoms with Gasteiger partial charge in [0.25, 0.3) is 0 Å². The molecule has 0 heterocycles. The van der Waals surface area contributed by atoms with E-state index in [0.717, 1.165) is 38.8 Å². The van der Waals surface area contributed by atoms with Gasteiger partial charge in [0.2, 0.25) is 0 Å². The van der Waals surface area contributed by atoms with Gasteiger partial charge in [0, 0.05) is 18.7 Å². The van der Waals surface area contributed by atoms with Crippen molar-refractivity contribution < 1.29 is 19.7 Å². The normalized spacial score (nSPS) is 13.4. The van der Waals surface area contributed by atoms with E-state index in [1.54, 1.807) is 13.0 Å². The molecule has 0 aromatic heterocycles. The Balaban J connectivity index is 4.37. The number of carbonyl (C=O) groups is 1. The smallest absolute Gasteiger partial charge is 0.333 e. The number of nitrogens with zero attached hydrogens (tertiary/aromatic N) is 1. The van der Waals surface area contributed by atoms with Crippen LogP contribution in [0.2, 0.25) is 0 Å². The Kier molecular flexibility index (Phi) is 12.5. The second kappa shape index (κ2) is 13.3. The van der Waals surface area contributed by atoms with Gasteiger partial charge >= 0.3 is 5.97 Å². The molecule has 0 aliphatic rings. The molecule has 0 aliphatic carbocycles. The number of aliphatic hydroxyl groups excluding tert-OH is 2. The largest absolute Gasteiger partial charge is 0.459 e. The van der Waals surface area contributed by atoms with Gasteiger partial charge in [0.1, 0.15) is 12.7 Å². The maximum absolute atomic E-state index is 11.7. The van der Waals surface area contributed by atoms with Gasteiger partial charge in [-0.1, -0.05) is 32.8 Å². The Morgan fingerprint density at radius 1 is 1.23 bits per heavy atom. The molecule has 0 aromatic carbocycles. The first-order valence-corrected chi connectivity index (χ1v) is 8.10. The molecule has 2 N–H and O–H groups in total. The van der Waals surface area contributed by atoms with Crippen LogP contribution >= 0.6 is 0 Å². The number of esters is 1. The van der Waals surface area contributed by atoms with Crippen LogP contribution in [-0.2, 0) is 9.53 Å². The topological polar surface area (TPSA) is 70.0 Å². The van der Waals surface area contributed by atoms with Crippen LogP contribution in [0.15, 0.2) is 23.9 Å². The van der Waals surface area contributed by atoms with E-state index < -0.39 is 18.7 Å². The van der Waals surface area contributed by atoms with Gasteiger partial charge in [-0.25, -0.2) is 4.79 Å². The molecule has 0 saturated carbocycles. The molecule has 0 radical (unpaired) electrons. The summed E-state index contributed by atoms with van der Waals surface area (Å²) in [6.07, 6.45) is 9.16. The van der Waals surface area contributed by atoms with Crippen LogP contribution in [0.25, 0.3) is 0 Å². The number of ether oxygens (including phenoxy) is 1. The zero-order valence-corrected chi connectivity index (χ0v) is 14.1. The van der Waals surface area contributed by atoms with Gasteiger partial charge in [-0.3, -0.25) is 0 Å².